The zero-order valence-electron chi connectivity index (χ0n) is 12.0. The molecule has 0 aliphatic heterocycles. The number of oxazole rings is 1. The molecule has 3 aromatic rings. The molecule has 1 heterocycles. The van der Waals surface area contributed by atoms with Crippen molar-refractivity contribution in [1.82, 2.24) is 4.98 Å². The third-order valence-electron chi connectivity index (χ3n) is 3.07. The Hall–Kier alpha value is -2.05. The summed E-state index contributed by atoms with van der Waals surface area (Å²) in [5.74, 6) is -0.667. The maximum atomic E-state index is 13.1. The van der Waals surface area contributed by atoms with Crippen molar-refractivity contribution < 1.29 is 13.6 Å². The Morgan fingerprint density at radius 1 is 1.35 bits per heavy atom. The molecule has 0 radical (unpaired) electrons. The fourth-order valence-electron chi connectivity index (χ4n) is 1.94. The van der Waals surface area contributed by atoms with Gasteiger partial charge < -0.3 is 9.73 Å². The van der Waals surface area contributed by atoms with Crippen LogP contribution in [-0.4, -0.2) is 16.1 Å². The van der Waals surface area contributed by atoms with Crippen molar-refractivity contribution in [1.29, 1.82) is 0 Å². The molecule has 3 rings (SSSR count). The number of benzene rings is 2. The van der Waals surface area contributed by atoms with Gasteiger partial charge in [-0.05, 0) is 37.3 Å². The number of carbonyl (C=O) groups excluding carboxylic acids is 1. The summed E-state index contributed by atoms with van der Waals surface area (Å²) in [6.07, 6.45) is 0. The zero-order chi connectivity index (χ0) is 16.4. The summed E-state index contributed by atoms with van der Waals surface area (Å²) in [6, 6.07) is 10.9. The smallest absolute Gasteiger partial charge is 0.257 e. The molecule has 0 aliphatic rings. The van der Waals surface area contributed by atoms with Crippen LogP contribution >= 0.6 is 23.4 Å². The Bertz CT molecular complexity index is 868. The molecule has 23 heavy (non-hydrogen) atoms. The van der Waals surface area contributed by atoms with Crippen LogP contribution in [0.5, 0.6) is 0 Å². The number of anilines is 1. The van der Waals surface area contributed by atoms with E-state index < -0.39 is 11.1 Å². The van der Waals surface area contributed by atoms with Gasteiger partial charge in [0, 0.05) is 16.8 Å². The fourth-order valence-corrected chi connectivity index (χ4v) is 2.86. The molecule has 4 nitrogen and oxygen atoms in total. The Morgan fingerprint density at radius 2 is 2.17 bits per heavy atom. The second kappa shape index (κ2) is 6.60. The van der Waals surface area contributed by atoms with Crippen molar-refractivity contribution in [2.24, 2.45) is 0 Å². The number of nitrogens with zero attached hydrogens (tertiary/aromatic N) is 1. The lowest BCUT2D eigenvalue weighted by molar-refractivity contribution is -0.115. The van der Waals surface area contributed by atoms with Gasteiger partial charge in [-0.25, -0.2) is 9.37 Å². The molecule has 0 saturated carbocycles. The van der Waals surface area contributed by atoms with Crippen LogP contribution in [0.4, 0.5) is 10.1 Å². The molecular weight excluding hydrogens is 339 g/mol. The molecule has 1 atom stereocenters. The fraction of sp³-hybridized carbons (Fsp3) is 0.125. The van der Waals surface area contributed by atoms with Gasteiger partial charge in [0.2, 0.25) is 5.91 Å². The quantitative estimate of drug-likeness (QED) is 0.690. The molecule has 7 heteroatoms. The van der Waals surface area contributed by atoms with Crippen molar-refractivity contribution in [3.8, 4) is 0 Å². The van der Waals surface area contributed by atoms with E-state index in [0.29, 0.717) is 27.0 Å². The van der Waals surface area contributed by atoms with Gasteiger partial charge in [0.15, 0.2) is 5.58 Å². The first-order valence-corrected chi connectivity index (χ1v) is 8.06. The van der Waals surface area contributed by atoms with E-state index >= 15 is 0 Å². The highest BCUT2D eigenvalue weighted by Crippen LogP contribution is 2.28. The number of hydrogen-bond acceptors (Lipinski definition) is 4. The predicted molar refractivity (Wildman–Crippen MR) is 89.4 cm³/mol. The summed E-state index contributed by atoms with van der Waals surface area (Å²) >= 11 is 7.08. The van der Waals surface area contributed by atoms with E-state index in [0.717, 1.165) is 0 Å². The van der Waals surface area contributed by atoms with Crippen molar-refractivity contribution in [3.05, 3.63) is 53.3 Å². The van der Waals surface area contributed by atoms with Crippen LogP contribution in [0.15, 0.2) is 52.1 Å². The number of carbonyl (C=O) groups is 1. The zero-order valence-corrected chi connectivity index (χ0v) is 13.6. The predicted octanol–water partition coefficient (Wildman–Crippen LogP) is 4.74. The Kier molecular flexibility index (Phi) is 4.54. The normalized spacial score (nSPS) is 12.3. The number of amides is 1. The molecule has 0 bridgehead atoms. The van der Waals surface area contributed by atoms with E-state index in [1.807, 2.05) is 0 Å². The molecule has 0 fully saturated rings. The van der Waals surface area contributed by atoms with Crippen LogP contribution in [0.1, 0.15) is 6.92 Å². The maximum absolute atomic E-state index is 13.1. The summed E-state index contributed by atoms with van der Waals surface area (Å²) in [5, 5.41) is 3.13. The second-order valence-electron chi connectivity index (χ2n) is 4.85. The molecular formula is C16H12ClFN2O2S. The average Bonchev–Trinajstić information content (AvgIpc) is 2.88. The van der Waals surface area contributed by atoms with Gasteiger partial charge in [0.1, 0.15) is 11.3 Å². The van der Waals surface area contributed by atoms with Crippen LogP contribution in [0.2, 0.25) is 5.02 Å². The van der Waals surface area contributed by atoms with Crippen molar-refractivity contribution in [3.63, 3.8) is 0 Å². The largest absolute Gasteiger partial charge is 0.431 e. The standard InChI is InChI=1S/C16H12ClFN2O2S/c1-9(15(21)19-12-4-2-3-11(18)8-12)23-16-20-13-6-5-10(17)7-14(13)22-16/h2-9H,1H3,(H,19,21)/t9-/m0/s1. The van der Waals surface area contributed by atoms with Gasteiger partial charge in [-0.15, -0.1) is 0 Å². The van der Waals surface area contributed by atoms with Crippen molar-refractivity contribution in [2.45, 2.75) is 17.4 Å². The number of thioether (sulfide) groups is 1. The minimum Gasteiger partial charge on any atom is -0.431 e. The molecule has 1 N–H and O–H groups in total. The van der Waals surface area contributed by atoms with E-state index in [9.17, 15) is 9.18 Å². The highest BCUT2D eigenvalue weighted by molar-refractivity contribution is 8.00. The van der Waals surface area contributed by atoms with Crippen LogP contribution < -0.4 is 5.32 Å². The molecule has 118 valence electrons. The van der Waals surface area contributed by atoms with Crippen molar-refractivity contribution >= 4 is 46.1 Å². The van der Waals surface area contributed by atoms with Crippen LogP contribution in [0.25, 0.3) is 11.1 Å². The first-order valence-electron chi connectivity index (χ1n) is 6.80. The molecule has 0 saturated heterocycles. The Balaban J connectivity index is 1.69. The lowest BCUT2D eigenvalue weighted by Gasteiger charge is -2.09. The first-order chi connectivity index (χ1) is 11.0. The third kappa shape index (κ3) is 3.83. The van der Waals surface area contributed by atoms with E-state index in [2.05, 4.69) is 10.3 Å². The summed E-state index contributed by atoms with van der Waals surface area (Å²) in [7, 11) is 0. The number of aromatic nitrogens is 1. The van der Waals surface area contributed by atoms with E-state index in [1.165, 1.54) is 30.0 Å². The van der Waals surface area contributed by atoms with Gasteiger partial charge in [-0.1, -0.05) is 29.4 Å². The molecule has 2 aromatic carbocycles. The number of halogens is 2. The lowest BCUT2D eigenvalue weighted by Crippen LogP contribution is -2.22. The number of nitrogens with one attached hydrogen (secondary N) is 1. The minimum atomic E-state index is -0.457. The van der Waals surface area contributed by atoms with Crippen molar-refractivity contribution in [2.75, 3.05) is 5.32 Å². The molecule has 0 aliphatic carbocycles. The van der Waals surface area contributed by atoms with E-state index in [4.69, 9.17) is 16.0 Å². The topological polar surface area (TPSA) is 55.1 Å². The second-order valence-corrected chi connectivity index (χ2v) is 6.58. The Labute approximate surface area is 141 Å². The summed E-state index contributed by atoms with van der Waals surface area (Å²) < 4.78 is 18.7. The summed E-state index contributed by atoms with van der Waals surface area (Å²) in [6.45, 7) is 1.72. The molecule has 0 unspecified atom stereocenters. The van der Waals surface area contributed by atoms with E-state index in [-0.39, 0.29) is 5.91 Å². The number of fused-ring (bicyclic) bond motifs is 1. The van der Waals surface area contributed by atoms with Gasteiger partial charge in [-0.3, -0.25) is 4.79 Å². The highest BCUT2D eigenvalue weighted by atomic mass is 35.5. The van der Waals surface area contributed by atoms with Crippen LogP contribution in [0.3, 0.4) is 0 Å². The van der Waals surface area contributed by atoms with Gasteiger partial charge in [0.25, 0.3) is 5.22 Å². The highest BCUT2D eigenvalue weighted by Gasteiger charge is 2.18. The first kappa shape index (κ1) is 15.8. The minimum absolute atomic E-state index is 0.263. The molecule has 1 amide bonds. The summed E-state index contributed by atoms with van der Waals surface area (Å²) in [4.78, 5) is 16.4. The monoisotopic (exact) mass is 350 g/mol. The van der Waals surface area contributed by atoms with E-state index in [1.54, 1.807) is 31.2 Å². The summed E-state index contributed by atoms with van der Waals surface area (Å²) in [5.41, 5.74) is 1.65. The molecule has 0 spiro atoms. The van der Waals surface area contributed by atoms with Gasteiger partial charge >= 0.3 is 0 Å². The number of rotatable bonds is 4. The Morgan fingerprint density at radius 3 is 2.96 bits per heavy atom. The average molecular weight is 351 g/mol. The van der Waals surface area contributed by atoms with Gasteiger partial charge in [0.05, 0.1) is 5.25 Å². The van der Waals surface area contributed by atoms with Gasteiger partial charge in [-0.2, -0.15) is 0 Å². The molecule has 1 aromatic heterocycles. The SMILES string of the molecule is C[C@H](Sc1nc2ccc(Cl)cc2o1)C(=O)Nc1cccc(F)c1. The van der Waals surface area contributed by atoms with Crippen LogP contribution in [-0.2, 0) is 4.79 Å². The maximum Gasteiger partial charge on any atom is 0.257 e. The number of hydrogen-bond donors (Lipinski definition) is 1. The third-order valence-corrected chi connectivity index (χ3v) is 4.25. The lowest BCUT2D eigenvalue weighted by atomic mass is 10.3. The van der Waals surface area contributed by atoms with Crippen LogP contribution in [0, 0.1) is 5.82 Å².